The fourth-order valence-electron chi connectivity index (χ4n) is 2.09. The molecule has 21 heavy (non-hydrogen) atoms. The molecule has 2 aromatic rings. The van der Waals surface area contributed by atoms with E-state index in [0.29, 0.717) is 5.56 Å². The first-order valence-corrected chi connectivity index (χ1v) is 6.30. The highest BCUT2D eigenvalue weighted by Crippen LogP contribution is 2.23. The van der Waals surface area contributed by atoms with Gasteiger partial charge in [0.15, 0.2) is 0 Å². The fourth-order valence-corrected chi connectivity index (χ4v) is 2.09. The second-order valence-electron chi connectivity index (χ2n) is 4.77. The molecule has 4 nitrogen and oxygen atoms in total. The zero-order valence-electron chi connectivity index (χ0n) is 11.6. The number of rotatable bonds is 3. The first kappa shape index (κ1) is 14.7. The lowest BCUT2D eigenvalue weighted by atomic mass is 10.0. The molecule has 0 saturated carbocycles. The summed E-state index contributed by atoms with van der Waals surface area (Å²) in [7, 11) is 0. The average molecular weight is 287 g/mol. The van der Waals surface area contributed by atoms with Crippen molar-refractivity contribution in [3.8, 4) is 0 Å². The van der Waals surface area contributed by atoms with Crippen LogP contribution in [0.1, 0.15) is 31.8 Å². The van der Waals surface area contributed by atoms with Crippen LogP contribution < -0.4 is 5.32 Å². The van der Waals surface area contributed by atoms with Crippen molar-refractivity contribution in [1.82, 2.24) is 0 Å². The number of benzene rings is 2. The van der Waals surface area contributed by atoms with Crippen LogP contribution in [0.4, 0.5) is 10.1 Å². The predicted molar refractivity (Wildman–Crippen MR) is 77.2 cm³/mol. The summed E-state index contributed by atoms with van der Waals surface area (Å²) in [6.07, 6.45) is 0. The highest BCUT2D eigenvalue weighted by atomic mass is 19.1. The molecule has 5 heteroatoms. The monoisotopic (exact) mass is 287 g/mol. The van der Waals surface area contributed by atoms with Crippen LogP contribution in [0.2, 0.25) is 0 Å². The molecule has 0 saturated heterocycles. The molecule has 0 fully saturated rings. The molecule has 2 rings (SSSR count). The second-order valence-corrected chi connectivity index (χ2v) is 4.77. The number of carboxylic acid groups (broad SMARTS) is 1. The molecule has 0 unspecified atom stereocenters. The Balaban J connectivity index is 2.37. The van der Waals surface area contributed by atoms with E-state index < -0.39 is 17.7 Å². The van der Waals surface area contributed by atoms with E-state index in [-0.39, 0.29) is 16.8 Å². The number of carbonyl (C=O) groups is 2. The number of aromatic carboxylic acids is 1. The van der Waals surface area contributed by atoms with Crippen LogP contribution in [0.5, 0.6) is 0 Å². The van der Waals surface area contributed by atoms with Crippen LogP contribution in [0, 0.1) is 19.7 Å². The molecule has 0 bridgehead atoms. The third-order valence-electron chi connectivity index (χ3n) is 3.06. The molecule has 0 radical (unpaired) electrons. The molecular weight excluding hydrogens is 273 g/mol. The van der Waals surface area contributed by atoms with Gasteiger partial charge in [0.25, 0.3) is 5.91 Å². The lowest BCUT2D eigenvalue weighted by Gasteiger charge is -2.13. The quantitative estimate of drug-likeness (QED) is 0.909. The van der Waals surface area contributed by atoms with Crippen molar-refractivity contribution in [2.75, 3.05) is 5.32 Å². The maximum atomic E-state index is 12.8. The van der Waals surface area contributed by atoms with E-state index in [9.17, 15) is 19.1 Å². The van der Waals surface area contributed by atoms with Crippen molar-refractivity contribution < 1.29 is 19.1 Å². The van der Waals surface area contributed by atoms with Gasteiger partial charge in [-0.15, -0.1) is 0 Å². The number of carboxylic acids is 1. The standard InChI is InChI=1S/C16H14FNO3/c1-9-7-10(2)14(13(8-9)16(20)21)18-15(19)11-3-5-12(17)6-4-11/h3-8H,1-2H3,(H,18,19)(H,20,21). The SMILES string of the molecule is Cc1cc(C)c(NC(=O)c2ccc(F)cc2)c(C(=O)O)c1. The molecule has 2 N–H and O–H groups in total. The summed E-state index contributed by atoms with van der Waals surface area (Å²) in [5.41, 5.74) is 1.99. The summed E-state index contributed by atoms with van der Waals surface area (Å²) < 4.78 is 12.8. The number of carbonyl (C=O) groups excluding carboxylic acids is 1. The van der Waals surface area contributed by atoms with Gasteiger partial charge < -0.3 is 10.4 Å². The van der Waals surface area contributed by atoms with Gasteiger partial charge in [0, 0.05) is 5.56 Å². The van der Waals surface area contributed by atoms with Crippen molar-refractivity contribution in [3.63, 3.8) is 0 Å². The van der Waals surface area contributed by atoms with Crippen molar-refractivity contribution in [2.24, 2.45) is 0 Å². The summed E-state index contributed by atoms with van der Waals surface area (Å²) in [5, 5.41) is 11.8. The molecule has 0 spiro atoms. The molecule has 1 amide bonds. The number of anilines is 1. The molecule has 108 valence electrons. The van der Waals surface area contributed by atoms with Gasteiger partial charge in [-0.3, -0.25) is 4.79 Å². The van der Waals surface area contributed by atoms with Gasteiger partial charge in [-0.05, 0) is 55.3 Å². The van der Waals surface area contributed by atoms with Gasteiger partial charge in [-0.2, -0.15) is 0 Å². The summed E-state index contributed by atoms with van der Waals surface area (Å²) in [5.74, 6) is -2.04. The van der Waals surface area contributed by atoms with Gasteiger partial charge in [0.1, 0.15) is 5.82 Å². The van der Waals surface area contributed by atoms with Crippen molar-refractivity contribution in [3.05, 3.63) is 64.5 Å². The minimum atomic E-state index is -1.11. The van der Waals surface area contributed by atoms with Gasteiger partial charge in [-0.25, -0.2) is 9.18 Å². The van der Waals surface area contributed by atoms with E-state index >= 15 is 0 Å². The minimum Gasteiger partial charge on any atom is -0.478 e. The molecular formula is C16H14FNO3. The first-order valence-electron chi connectivity index (χ1n) is 6.30. The van der Waals surface area contributed by atoms with Crippen LogP contribution in [0.25, 0.3) is 0 Å². The Morgan fingerprint density at radius 3 is 2.29 bits per heavy atom. The Labute approximate surface area is 121 Å². The Bertz CT molecular complexity index is 708. The molecule has 0 heterocycles. The largest absolute Gasteiger partial charge is 0.478 e. The zero-order chi connectivity index (χ0) is 15.6. The maximum absolute atomic E-state index is 12.8. The Morgan fingerprint density at radius 1 is 1.10 bits per heavy atom. The fraction of sp³-hybridized carbons (Fsp3) is 0.125. The number of amides is 1. The van der Waals surface area contributed by atoms with E-state index in [1.54, 1.807) is 19.9 Å². The number of nitrogens with one attached hydrogen (secondary N) is 1. The topological polar surface area (TPSA) is 66.4 Å². The molecule has 0 atom stereocenters. The Kier molecular flexibility index (Phi) is 4.03. The van der Waals surface area contributed by atoms with Crippen molar-refractivity contribution >= 4 is 17.6 Å². The predicted octanol–water partition coefficient (Wildman–Crippen LogP) is 3.39. The van der Waals surface area contributed by atoms with Crippen molar-refractivity contribution in [1.29, 1.82) is 0 Å². The molecule has 0 aliphatic rings. The van der Waals surface area contributed by atoms with Gasteiger partial charge in [0.05, 0.1) is 11.3 Å². The second kappa shape index (κ2) is 5.75. The van der Waals surface area contributed by atoms with E-state index in [4.69, 9.17) is 0 Å². The van der Waals surface area contributed by atoms with Crippen molar-refractivity contribution in [2.45, 2.75) is 13.8 Å². The Morgan fingerprint density at radius 2 is 1.71 bits per heavy atom. The number of aryl methyl sites for hydroxylation is 2. The summed E-state index contributed by atoms with van der Waals surface area (Å²) >= 11 is 0. The highest BCUT2D eigenvalue weighted by Gasteiger charge is 2.16. The molecule has 0 aliphatic carbocycles. The normalized spacial score (nSPS) is 10.2. The summed E-state index contributed by atoms with van der Waals surface area (Å²) in [4.78, 5) is 23.4. The third-order valence-corrected chi connectivity index (χ3v) is 3.06. The van der Waals surface area contributed by atoms with Gasteiger partial charge in [-0.1, -0.05) is 6.07 Å². The van der Waals surface area contributed by atoms with E-state index in [2.05, 4.69) is 5.32 Å². The molecule has 0 aromatic heterocycles. The van der Waals surface area contributed by atoms with Gasteiger partial charge >= 0.3 is 5.97 Å². The van der Waals surface area contributed by atoms with Crippen LogP contribution in [-0.2, 0) is 0 Å². The van der Waals surface area contributed by atoms with Crippen LogP contribution >= 0.6 is 0 Å². The maximum Gasteiger partial charge on any atom is 0.337 e. The van der Waals surface area contributed by atoms with Gasteiger partial charge in [0.2, 0.25) is 0 Å². The Hall–Kier alpha value is -2.69. The number of hydrogen-bond donors (Lipinski definition) is 2. The number of halogens is 1. The molecule has 0 aliphatic heterocycles. The summed E-state index contributed by atoms with van der Waals surface area (Å²) in [6.45, 7) is 3.50. The zero-order valence-corrected chi connectivity index (χ0v) is 11.6. The van der Waals surface area contributed by atoms with E-state index in [1.165, 1.54) is 30.3 Å². The van der Waals surface area contributed by atoms with Crippen LogP contribution in [0.3, 0.4) is 0 Å². The first-order chi connectivity index (χ1) is 9.88. The third kappa shape index (κ3) is 3.25. The van der Waals surface area contributed by atoms with E-state index in [1.807, 2.05) is 0 Å². The smallest absolute Gasteiger partial charge is 0.337 e. The van der Waals surface area contributed by atoms with E-state index in [0.717, 1.165) is 5.56 Å². The summed E-state index contributed by atoms with van der Waals surface area (Å²) in [6, 6.07) is 8.32. The highest BCUT2D eigenvalue weighted by molar-refractivity contribution is 6.08. The minimum absolute atomic E-state index is 0.0305. The lowest BCUT2D eigenvalue weighted by Crippen LogP contribution is -2.16. The number of hydrogen-bond acceptors (Lipinski definition) is 2. The lowest BCUT2D eigenvalue weighted by molar-refractivity contribution is 0.0698. The molecule has 2 aromatic carbocycles. The van der Waals surface area contributed by atoms with Crippen LogP contribution in [0.15, 0.2) is 36.4 Å². The average Bonchev–Trinajstić information content (AvgIpc) is 2.41. The van der Waals surface area contributed by atoms with Crippen LogP contribution in [-0.4, -0.2) is 17.0 Å².